The second-order valence-corrected chi connectivity index (χ2v) is 6.34. The van der Waals surface area contributed by atoms with Crippen molar-refractivity contribution >= 4 is 23.4 Å². The van der Waals surface area contributed by atoms with Crippen LogP contribution in [0.3, 0.4) is 0 Å². The number of carbonyl (C=O) groups is 4. The lowest BCUT2D eigenvalue weighted by Crippen LogP contribution is -2.42. The van der Waals surface area contributed by atoms with E-state index in [1.807, 2.05) is 6.07 Å². The van der Waals surface area contributed by atoms with Gasteiger partial charge >= 0.3 is 5.97 Å². The number of carboxylic acids is 1. The van der Waals surface area contributed by atoms with Crippen LogP contribution >= 0.6 is 0 Å². The summed E-state index contributed by atoms with van der Waals surface area (Å²) in [6, 6.07) is 12.0. The number of benzene rings is 2. The van der Waals surface area contributed by atoms with Crippen LogP contribution in [0.4, 0.5) is 0 Å². The molecule has 27 heavy (non-hydrogen) atoms. The van der Waals surface area contributed by atoms with Gasteiger partial charge in [-0.2, -0.15) is 0 Å². The molecule has 2 N–H and O–H groups in total. The number of carboxylic acid groups (broad SMARTS) is 1. The molecule has 6 nitrogen and oxygen atoms in total. The summed E-state index contributed by atoms with van der Waals surface area (Å²) in [5.74, 6) is -2.39. The first-order chi connectivity index (χ1) is 12.9. The third-order valence-electron chi connectivity index (χ3n) is 4.38. The van der Waals surface area contributed by atoms with E-state index >= 15 is 0 Å². The predicted octanol–water partition coefficient (Wildman–Crippen LogP) is 2.44. The van der Waals surface area contributed by atoms with E-state index in [0.29, 0.717) is 5.57 Å². The van der Waals surface area contributed by atoms with Crippen LogP contribution in [0.25, 0.3) is 0 Å². The first-order valence-electron chi connectivity index (χ1n) is 8.36. The largest absolute Gasteiger partial charge is 0.480 e. The number of Topliss-reactive ketones (excluding diaryl/α,β-unsaturated/α-hetero) is 1. The Hall–Kier alpha value is -3.54. The molecule has 0 aromatic heterocycles. The summed E-state index contributed by atoms with van der Waals surface area (Å²) in [6.45, 7) is 1.56. The van der Waals surface area contributed by atoms with Crippen molar-refractivity contribution in [3.8, 4) is 0 Å². The smallest absolute Gasteiger partial charge is 0.326 e. The summed E-state index contributed by atoms with van der Waals surface area (Å²) in [4.78, 5) is 48.3. The molecule has 0 saturated heterocycles. The molecule has 1 unspecified atom stereocenters. The topological polar surface area (TPSA) is 101 Å². The Morgan fingerprint density at radius 2 is 1.74 bits per heavy atom. The van der Waals surface area contributed by atoms with Crippen molar-refractivity contribution < 1.29 is 24.3 Å². The molecule has 0 aliphatic heterocycles. The van der Waals surface area contributed by atoms with E-state index in [-0.39, 0.29) is 34.7 Å². The van der Waals surface area contributed by atoms with Gasteiger partial charge < -0.3 is 10.4 Å². The Bertz CT molecular complexity index is 975. The van der Waals surface area contributed by atoms with Crippen LogP contribution in [0.15, 0.2) is 60.2 Å². The van der Waals surface area contributed by atoms with Gasteiger partial charge in [0.1, 0.15) is 6.04 Å². The molecule has 0 bridgehead atoms. The van der Waals surface area contributed by atoms with Gasteiger partial charge in [0.2, 0.25) is 0 Å². The van der Waals surface area contributed by atoms with Crippen LogP contribution in [0, 0.1) is 0 Å². The predicted molar refractivity (Wildman–Crippen MR) is 97.9 cm³/mol. The van der Waals surface area contributed by atoms with Gasteiger partial charge in [-0.1, -0.05) is 30.3 Å². The van der Waals surface area contributed by atoms with Crippen molar-refractivity contribution in [1.82, 2.24) is 5.32 Å². The molecule has 0 saturated carbocycles. The van der Waals surface area contributed by atoms with Crippen LogP contribution in [0.5, 0.6) is 0 Å². The summed E-state index contributed by atoms with van der Waals surface area (Å²) in [5, 5.41) is 11.9. The normalized spacial score (nSPS) is 14.2. The number of ketones is 2. The van der Waals surface area contributed by atoms with Gasteiger partial charge in [-0.15, -0.1) is 0 Å². The zero-order chi connectivity index (χ0) is 19.6. The van der Waals surface area contributed by atoms with E-state index < -0.39 is 17.9 Å². The highest BCUT2D eigenvalue weighted by Crippen LogP contribution is 2.22. The monoisotopic (exact) mass is 363 g/mol. The van der Waals surface area contributed by atoms with Crippen LogP contribution in [-0.4, -0.2) is 34.6 Å². The number of rotatable bonds is 5. The maximum absolute atomic E-state index is 12.5. The molecular weight excluding hydrogens is 346 g/mol. The number of fused-ring (bicyclic) bond motifs is 1. The molecule has 0 radical (unpaired) electrons. The van der Waals surface area contributed by atoms with Crippen LogP contribution in [0.1, 0.15) is 43.6 Å². The second kappa shape index (κ2) is 7.37. The molecule has 136 valence electrons. The average Bonchev–Trinajstić information content (AvgIpc) is 2.66. The molecule has 3 rings (SSSR count). The Labute approximate surface area is 155 Å². The Kier molecular flexibility index (Phi) is 4.98. The number of amides is 1. The summed E-state index contributed by atoms with van der Waals surface area (Å²) in [6.07, 6.45) is 1.37. The summed E-state index contributed by atoms with van der Waals surface area (Å²) >= 11 is 0. The highest BCUT2D eigenvalue weighted by molar-refractivity contribution is 6.24. The zero-order valence-corrected chi connectivity index (χ0v) is 14.6. The quantitative estimate of drug-likeness (QED) is 0.850. The highest BCUT2D eigenvalue weighted by atomic mass is 16.4. The van der Waals surface area contributed by atoms with Gasteiger partial charge in [0.15, 0.2) is 11.6 Å². The molecule has 1 amide bonds. The first-order valence-corrected chi connectivity index (χ1v) is 8.36. The Morgan fingerprint density at radius 3 is 2.41 bits per heavy atom. The Balaban J connectivity index is 1.82. The van der Waals surface area contributed by atoms with Crippen molar-refractivity contribution in [3.05, 3.63) is 82.4 Å². The number of allylic oxidation sites excluding steroid dienone is 2. The molecule has 2 aromatic rings. The molecule has 0 heterocycles. The minimum atomic E-state index is -1.16. The lowest BCUT2D eigenvalue weighted by atomic mass is 9.89. The standard InChI is InChI=1S/C21H17NO5/c1-12-9-18(23)16-11-14(7-8-15(16)19(12)24)20(25)22-17(21(26)27)10-13-5-3-2-4-6-13/h2-9,11,17H,10H2,1H3,(H,22,25)(H,26,27). The average molecular weight is 363 g/mol. The second-order valence-electron chi connectivity index (χ2n) is 6.34. The summed E-state index contributed by atoms with van der Waals surface area (Å²) in [5.41, 5.74) is 1.64. The molecule has 0 fully saturated rings. The molecule has 2 aromatic carbocycles. The van der Waals surface area contributed by atoms with Crippen LogP contribution in [0.2, 0.25) is 0 Å². The summed E-state index contributed by atoms with van der Waals surface area (Å²) in [7, 11) is 0. The molecule has 1 aliphatic carbocycles. The molecule has 6 heteroatoms. The third kappa shape index (κ3) is 3.84. The molecule has 1 aliphatic rings. The summed E-state index contributed by atoms with van der Waals surface area (Å²) < 4.78 is 0. The van der Waals surface area contributed by atoms with Gasteiger partial charge in [-0.25, -0.2) is 4.79 Å². The first kappa shape index (κ1) is 18.3. The van der Waals surface area contributed by atoms with Crippen molar-refractivity contribution in [3.63, 3.8) is 0 Å². The van der Waals surface area contributed by atoms with Gasteiger partial charge in [-0.05, 0) is 36.8 Å². The minimum absolute atomic E-state index is 0.127. The van der Waals surface area contributed by atoms with Crippen molar-refractivity contribution in [1.29, 1.82) is 0 Å². The lowest BCUT2D eigenvalue weighted by Gasteiger charge is -2.17. The van der Waals surface area contributed by atoms with Gasteiger partial charge in [-0.3, -0.25) is 14.4 Å². The van der Waals surface area contributed by atoms with Gasteiger partial charge in [0.05, 0.1) is 0 Å². The van der Waals surface area contributed by atoms with Crippen LogP contribution in [-0.2, 0) is 11.2 Å². The van der Waals surface area contributed by atoms with E-state index in [0.717, 1.165) is 5.56 Å². The van der Waals surface area contributed by atoms with Crippen molar-refractivity contribution in [2.24, 2.45) is 0 Å². The molecule has 0 spiro atoms. The van der Waals surface area contributed by atoms with Gasteiger partial charge in [0.25, 0.3) is 5.91 Å². The van der Waals surface area contributed by atoms with Crippen LogP contribution < -0.4 is 5.32 Å². The van der Waals surface area contributed by atoms with E-state index in [1.54, 1.807) is 31.2 Å². The number of carbonyl (C=O) groups excluding carboxylic acids is 3. The third-order valence-corrected chi connectivity index (χ3v) is 4.38. The Morgan fingerprint density at radius 1 is 1.04 bits per heavy atom. The fraction of sp³-hybridized carbons (Fsp3) is 0.143. The fourth-order valence-corrected chi connectivity index (χ4v) is 2.93. The number of hydrogen-bond donors (Lipinski definition) is 2. The number of nitrogens with one attached hydrogen (secondary N) is 1. The maximum Gasteiger partial charge on any atom is 0.326 e. The van der Waals surface area contributed by atoms with E-state index in [9.17, 15) is 24.3 Å². The number of hydrogen-bond acceptors (Lipinski definition) is 4. The lowest BCUT2D eigenvalue weighted by molar-refractivity contribution is -0.139. The van der Waals surface area contributed by atoms with E-state index in [1.165, 1.54) is 24.3 Å². The van der Waals surface area contributed by atoms with E-state index in [4.69, 9.17) is 0 Å². The molecular formula is C21H17NO5. The van der Waals surface area contributed by atoms with Crippen molar-refractivity contribution in [2.45, 2.75) is 19.4 Å². The van der Waals surface area contributed by atoms with E-state index in [2.05, 4.69) is 5.32 Å². The zero-order valence-electron chi connectivity index (χ0n) is 14.6. The van der Waals surface area contributed by atoms with Crippen molar-refractivity contribution in [2.75, 3.05) is 0 Å². The fourth-order valence-electron chi connectivity index (χ4n) is 2.93. The maximum atomic E-state index is 12.5. The highest BCUT2D eigenvalue weighted by Gasteiger charge is 2.26. The number of aliphatic carboxylic acids is 1. The minimum Gasteiger partial charge on any atom is -0.480 e. The SMILES string of the molecule is CC1=CC(=O)c2cc(C(=O)NC(Cc3ccccc3)C(=O)O)ccc2C1=O. The van der Waals surface area contributed by atoms with Gasteiger partial charge in [0, 0.05) is 28.7 Å². The molecule has 1 atom stereocenters.